The summed E-state index contributed by atoms with van der Waals surface area (Å²) in [5, 5.41) is 2.11. The number of imide groups is 1. The van der Waals surface area contributed by atoms with Crippen LogP contribution in [0.2, 0.25) is 0 Å². The van der Waals surface area contributed by atoms with E-state index in [0.717, 1.165) is 25.9 Å². The van der Waals surface area contributed by atoms with Crippen molar-refractivity contribution in [2.24, 2.45) is 0 Å². The van der Waals surface area contributed by atoms with Crippen molar-refractivity contribution in [3.8, 4) is 0 Å². The summed E-state index contributed by atoms with van der Waals surface area (Å²) in [5.41, 5.74) is 0. The van der Waals surface area contributed by atoms with Crippen molar-refractivity contribution in [2.75, 3.05) is 26.7 Å². The lowest BCUT2D eigenvalue weighted by molar-refractivity contribution is -0.121. The van der Waals surface area contributed by atoms with E-state index in [0.29, 0.717) is 0 Å². The van der Waals surface area contributed by atoms with Gasteiger partial charge in [0.15, 0.2) is 0 Å². The highest BCUT2D eigenvalue weighted by atomic mass is 16.5. The quantitative estimate of drug-likeness (QED) is 0.657. The number of methoxy groups -OCH3 is 1. The minimum Gasteiger partial charge on any atom is -0.453 e. The molecule has 1 heterocycles. The van der Waals surface area contributed by atoms with E-state index in [-0.39, 0.29) is 12.5 Å². The van der Waals surface area contributed by atoms with Crippen LogP contribution in [0.4, 0.5) is 4.79 Å². The number of alkyl carbamates (subject to hydrolysis) is 1. The molecule has 1 fully saturated rings. The molecule has 1 saturated heterocycles. The Labute approximate surface area is 77.0 Å². The van der Waals surface area contributed by atoms with Gasteiger partial charge in [0.2, 0.25) is 5.91 Å². The van der Waals surface area contributed by atoms with Gasteiger partial charge in [0.1, 0.15) is 0 Å². The Morgan fingerprint density at radius 2 is 2.00 bits per heavy atom. The average molecular weight is 186 g/mol. The Hall–Kier alpha value is -1.10. The summed E-state index contributed by atoms with van der Waals surface area (Å²) in [6.45, 7) is 2.16. The predicted molar refractivity (Wildman–Crippen MR) is 46.2 cm³/mol. The fourth-order valence-electron chi connectivity index (χ4n) is 1.35. The summed E-state index contributed by atoms with van der Waals surface area (Å²) >= 11 is 0. The van der Waals surface area contributed by atoms with Crippen LogP contribution in [-0.4, -0.2) is 43.6 Å². The van der Waals surface area contributed by atoms with Gasteiger partial charge in [-0.1, -0.05) is 0 Å². The number of nitrogens with one attached hydrogen (secondary N) is 1. The molecule has 0 saturated carbocycles. The van der Waals surface area contributed by atoms with Crippen molar-refractivity contribution in [1.29, 1.82) is 0 Å². The summed E-state index contributed by atoms with van der Waals surface area (Å²) in [4.78, 5) is 23.8. The van der Waals surface area contributed by atoms with E-state index < -0.39 is 6.09 Å². The maximum Gasteiger partial charge on any atom is 0.413 e. The Morgan fingerprint density at radius 1 is 1.38 bits per heavy atom. The van der Waals surface area contributed by atoms with Crippen molar-refractivity contribution >= 4 is 12.0 Å². The second-order valence-electron chi connectivity index (χ2n) is 3.02. The molecule has 74 valence electrons. The summed E-state index contributed by atoms with van der Waals surface area (Å²) in [7, 11) is 1.23. The molecule has 5 nitrogen and oxygen atoms in total. The summed E-state index contributed by atoms with van der Waals surface area (Å²) in [6, 6.07) is 0. The van der Waals surface area contributed by atoms with E-state index in [9.17, 15) is 9.59 Å². The highest BCUT2D eigenvalue weighted by molar-refractivity contribution is 5.92. The molecule has 2 amide bonds. The predicted octanol–water partition coefficient (Wildman–Crippen LogP) is -0.0352. The van der Waals surface area contributed by atoms with Crippen LogP contribution in [0, 0.1) is 0 Å². The largest absolute Gasteiger partial charge is 0.453 e. The van der Waals surface area contributed by atoms with Gasteiger partial charge in [-0.3, -0.25) is 15.0 Å². The third-order valence-corrected chi connectivity index (χ3v) is 1.99. The number of hydrogen-bond acceptors (Lipinski definition) is 4. The highest BCUT2D eigenvalue weighted by Gasteiger charge is 2.16. The first-order valence-electron chi connectivity index (χ1n) is 4.32. The van der Waals surface area contributed by atoms with Crippen LogP contribution >= 0.6 is 0 Å². The summed E-state index contributed by atoms with van der Waals surface area (Å²) in [6.07, 6.45) is 1.57. The molecular formula is C8H14N2O3. The zero-order valence-corrected chi connectivity index (χ0v) is 7.71. The van der Waals surface area contributed by atoms with Gasteiger partial charge in [0.25, 0.3) is 0 Å². The van der Waals surface area contributed by atoms with Gasteiger partial charge >= 0.3 is 6.09 Å². The second-order valence-corrected chi connectivity index (χ2v) is 3.02. The lowest BCUT2D eigenvalue weighted by Crippen LogP contribution is -2.38. The number of nitrogens with zero attached hydrogens (tertiary/aromatic N) is 1. The monoisotopic (exact) mass is 186 g/mol. The Kier molecular flexibility index (Phi) is 3.70. The van der Waals surface area contributed by atoms with Gasteiger partial charge in [-0.05, 0) is 25.9 Å². The molecular weight excluding hydrogens is 172 g/mol. The number of carbonyl (C=O) groups excluding carboxylic acids is 2. The highest BCUT2D eigenvalue weighted by Crippen LogP contribution is 2.05. The van der Waals surface area contributed by atoms with Crippen LogP contribution in [0.25, 0.3) is 0 Å². The van der Waals surface area contributed by atoms with Crippen molar-refractivity contribution in [3.05, 3.63) is 0 Å². The van der Waals surface area contributed by atoms with E-state index in [2.05, 4.69) is 10.1 Å². The number of hydrogen-bond donors (Lipinski definition) is 1. The fraction of sp³-hybridized carbons (Fsp3) is 0.750. The summed E-state index contributed by atoms with van der Waals surface area (Å²) < 4.78 is 4.30. The molecule has 0 aromatic rings. The SMILES string of the molecule is COC(=O)NC(=O)CN1CCCC1. The molecule has 13 heavy (non-hydrogen) atoms. The zero-order valence-electron chi connectivity index (χ0n) is 7.71. The minimum absolute atomic E-state index is 0.287. The lowest BCUT2D eigenvalue weighted by atomic mass is 10.4. The van der Waals surface area contributed by atoms with E-state index in [1.54, 1.807) is 0 Å². The van der Waals surface area contributed by atoms with Crippen molar-refractivity contribution in [2.45, 2.75) is 12.8 Å². The van der Waals surface area contributed by atoms with Crippen molar-refractivity contribution in [3.63, 3.8) is 0 Å². The average Bonchev–Trinajstić information content (AvgIpc) is 2.56. The van der Waals surface area contributed by atoms with Gasteiger partial charge in [0, 0.05) is 0 Å². The van der Waals surface area contributed by atoms with E-state index in [1.165, 1.54) is 7.11 Å². The molecule has 0 radical (unpaired) electrons. The van der Waals surface area contributed by atoms with Gasteiger partial charge in [-0.25, -0.2) is 4.79 Å². The van der Waals surface area contributed by atoms with Gasteiger partial charge in [-0.15, -0.1) is 0 Å². The maximum atomic E-state index is 11.1. The Morgan fingerprint density at radius 3 is 2.54 bits per heavy atom. The van der Waals surface area contributed by atoms with Crippen LogP contribution in [0.1, 0.15) is 12.8 Å². The van der Waals surface area contributed by atoms with E-state index >= 15 is 0 Å². The van der Waals surface area contributed by atoms with Gasteiger partial charge < -0.3 is 4.74 Å². The van der Waals surface area contributed by atoms with Crippen LogP contribution < -0.4 is 5.32 Å². The fourth-order valence-corrected chi connectivity index (χ4v) is 1.35. The number of ether oxygens (including phenoxy) is 1. The molecule has 1 aliphatic rings. The normalized spacial score (nSPS) is 17.0. The molecule has 0 bridgehead atoms. The van der Waals surface area contributed by atoms with Crippen LogP contribution in [0.5, 0.6) is 0 Å². The van der Waals surface area contributed by atoms with Crippen LogP contribution in [-0.2, 0) is 9.53 Å². The molecule has 0 aliphatic carbocycles. The first-order chi connectivity index (χ1) is 6.22. The zero-order chi connectivity index (χ0) is 9.68. The molecule has 0 aromatic carbocycles. The number of rotatable bonds is 2. The van der Waals surface area contributed by atoms with Gasteiger partial charge in [-0.2, -0.15) is 0 Å². The molecule has 0 unspecified atom stereocenters. The topological polar surface area (TPSA) is 58.6 Å². The minimum atomic E-state index is -0.691. The first kappa shape index (κ1) is 9.98. The number of carbonyl (C=O) groups is 2. The molecule has 0 spiro atoms. The molecule has 0 aromatic heterocycles. The van der Waals surface area contributed by atoms with Crippen molar-refractivity contribution in [1.82, 2.24) is 10.2 Å². The van der Waals surface area contributed by atoms with Crippen LogP contribution in [0.15, 0.2) is 0 Å². The van der Waals surface area contributed by atoms with Crippen LogP contribution in [0.3, 0.4) is 0 Å². The molecule has 1 rings (SSSR count). The van der Waals surface area contributed by atoms with Gasteiger partial charge in [0.05, 0.1) is 13.7 Å². The number of likely N-dealkylation sites (tertiary alicyclic amines) is 1. The maximum absolute atomic E-state index is 11.1. The molecule has 1 N–H and O–H groups in total. The summed E-state index contributed by atoms with van der Waals surface area (Å²) in [5.74, 6) is -0.297. The van der Waals surface area contributed by atoms with Crippen molar-refractivity contribution < 1.29 is 14.3 Å². The Bertz CT molecular complexity index is 200. The third-order valence-electron chi connectivity index (χ3n) is 1.99. The van der Waals surface area contributed by atoms with E-state index in [4.69, 9.17) is 0 Å². The van der Waals surface area contributed by atoms with E-state index in [1.807, 2.05) is 4.90 Å². The molecule has 5 heteroatoms. The molecule has 0 atom stereocenters. The smallest absolute Gasteiger partial charge is 0.413 e. The standard InChI is InChI=1S/C8H14N2O3/c1-13-8(12)9-7(11)6-10-4-2-3-5-10/h2-6H2,1H3,(H,9,11,12). The Balaban J connectivity index is 2.20. The lowest BCUT2D eigenvalue weighted by Gasteiger charge is -2.12. The third kappa shape index (κ3) is 3.42. The molecule has 1 aliphatic heterocycles. The first-order valence-corrected chi connectivity index (χ1v) is 4.32. The number of amides is 2. The second kappa shape index (κ2) is 4.81.